The number of benzene rings is 1. The number of hydrogen-bond acceptors (Lipinski definition) is 6. The number of carbonyl (C=O) groups excluding carboxylic acids is 1. The molecule has 1 aromatic carbocycles. The number of nitrogens with one attached hydrogen (secondary N) is 3. The average molecular weight is 338 g/mol. The molecular formula is C17H18N6O2. The Morgan fingerprint density at radius 2 is 2.24 bits per heavy atom. The Hall–Kier alpha value is -3.29. The Morgan fingerprint density at radius 1 is 1.32 bits per heavy atom. The maximum Gasteiger partial charge on any atom is 0.271 e. The third-order valence-corrected chi connectivity index (χ3v) is 3.95. The lowest BCUT2D eigenvalue weighted by molar-refractivity contribution is 0.0944. The van der Waals surface area contributed by atoms with E-state index in [9.17, 15) is 4.79 Å². The highest BCUT2D eigenvalue weighted by Gasteiger charge is 2.16. The lowest BCUT2D eigenvalue weighted by Crippen LogP contribution is -2.27. The number of nitrogens with zero attached hydrogens (tertiary/aromatic N) is 3. The van der Waals surface area contributed by atoms with Gasteiger partial charge in [0.1, 0.15) is 5.75 Å². The molecule has 0 fully saturated rings. The fraction of sp³-hybridized carbons (Fsp3) is 0.235. The first-order valence-corrected chi connectivity index (χ1v) is 8.09. The van der Waals surface area contributed by atoms with E-state index in [4.69, 9.17) is 4.74 Å². The Kier molecular flexibility index (Phi) is 3.85. The number of hydrogen-bond donors (Lipinski definition) is 3. The number of imidazole rings is 1. The molecule has 3 heterocycles. The van der Waals surface area contributed by atoms with E-state index in [0.29, 0.717) is 36.7 Å². The number of carbonyl (C=O) groups is 1. The van der Waals surface area contributed by atoms with Crippen molar-refractivity contribution in [3.05, 3.63) is 42.2 Å². The molecule has 3 aromatic rings. The molecule has 8 heteroatoms. The summed E-state index contributed by atoms with van der Waals surface area (Å²) in [4.78, 5) is 16.8. The molecule has 0 saturated heterocycles. The average Bonchev–Trinajstić information content (AvgIpc) is 3.04. The molecule has 2 aromatic heterocycles. The monoisotopic (exact) mass is 338 g/mol. The number of ether oxygens (including phenoxy) is 1. The van der Waals surface area contributed by atoms with Crippen LogP contribution in [0, 0.1) is 0 Å². The van der Waals surface area contributed by atoms with Crippen molar-refractivity contribution < 1.29 is 9.53 Å². The third-order valence-electron chi connectivity index (χ3n) is 3.95. The van der Waals surface area contributed by atoms with Crippen LogP contribution < -0.4 is 20.7 Å². The lowest BCUT2D eigenvalue weighted by atomic mass is 10.3. The van der Waals surface area contributed by atoms with Gasteiger partial charge in [0.05, 0.1) is 18.5 Å². The smallest absolute Gasteiger partial charge is 0.271 e. The molecular weight excluding hydrogens is 320 g/mol. The van der Waals surface area contributed by atoms with Crippen LogP contribution in [0.2, 0.25) is 0 Å². The molecule has 0 radical (unpaired) electrons. The second-order valence-corrected chi connectivity index (χ2v) is 5.68. The number of aromatic nitrogens is 3. The number of anilines is 3. The minimum atomic E-state index is -0.213. The van der Waals surface area contributed by atoms with Gasteiger partial charge in [0, 0.05) is 31.4 Å². The molecule has 1 amide bonds. The Balaban J connectivity index is 1.85. The highest BCUT2D eigenvalue weighted by molar-refractivity contribution is 5.94. The summed E-state index contributed by atoms with van der Waals surface area (Å²) in [5, 5.41) is 13.7. The van der Waals surface area contributed by atoms with Gasteiger partial charge in [0.2, 0.25) is 0 Å². The van der Waals surface area contributed by atoms with Gasteiger partial charge in [-0.05, 0) is 18.6 Å². The quantitative estimate of drug-likeness (QED) is 0.629. The van der Waals surface area contributed by atoms with E-state index < -0.39 is 0 Å². The number of rotatable bonds is 1. The summed E-state index contributed by atoms with van der Waals surface area (Å²) >= 11 is 0. The Labute approximate surface area is 144 Å². The van der Waals surface area contributed by atoms with Crippen molar-refractivity contribution in [1.82, 2.24) is 19.9 Å². The van der Waals surface area contributed by atoms with Gasteiger partial charge in [0.25, 0.3) is 5.91 Å². The van der Waals surface area contributed by atoms with Crippen LogP contribution in [0.4, 0.5) is 17.2 Å². The highest BCUT2D eigenvalue weighted by atomic mass is 16.5. The Bertz CT molecular complexity index is 936. The van der Waals surface area contributed by atoms with Gasteiger partial charge < -0.3 is 20.7 Å². The van der Waals surface area contributed by atoms with Crippen LogP contribution in [0.1, 0.15) is 16.9 Å². The highest BCUT2D eigenvalue weighted by Crippen LogP contribution is 2.24. The van der Waals surface area contributed by atoms with Gasteiger partial charge in [-0.2, -0.15) is 0 Å². The molecule has 0 unspecified atom stereocenters. The maximum absolute atomic E-state index is 12.4. The molecule has 128 valence electrons. The predicted octanol–water partition coefficient (Wildman–Crippen LogP) is 2.03. The van der Waals surface area contributed by atoms with Crippen molar-refractivity contribution in [1.29, 1.82) is 0 Å². The van der Waals surface area contributed by atoms with Crippen molar-refractivity contribution in [3.8, 4) is 5.75 Å². The van der Waals surface area contributed by atoms with Gasteiger partial charge in [-0.25, -0.2) is 9.50 Å². The molecule has 8 nitrogen and oxygen atoms in total. The van der Waals surface area contributed by atoms with Crippen molar-refractivity contribution in [2.45, 2.75) is 6.42 Å². The maximum atomic E-state index is 12.4. The molecule has 3 N–H and O–H groups in total. The Morgan fingerprint density at radius 3 is 3.12 bits per heavy atom. The number of fused-ring (bicyclic) bond motifs is 3. The number of amides is 1. The zero-order valence-corrected chi connectivity index (χ0v) is 13.7. The van der Waals surface area contributed by atoms with E-state index in [-0.39, 0.29) is 5.91 Å². The third kappa shape index (κ3) is 2.93. The molecule has 0 spiro atoms. The fourth-order valence-electron chi connectivity index (χ4n) is 2.73. The summed E-state index contributed by atoms with van der Waals surface area (Å²) < 4.78 is 7.28. The minimum Gasteiger partial charge on any atom is -0.493 e. The first-order chi connectivity index (χ1) is 12.2. The lowest BCUT2D eigenvalue weighted by Gasteiger charge is -2.13. The summed E-state index contributed by atoms with van der Waals surface area (Å²) in [5.41, 5.74) is 2.62. The van der Waals surface area contributed by atoms with Crippen LogP contribution in [-0.4, -0.2) is 40.7 Å². The summed E-state index contributed by atoms with van der Waals surface area (Å²) in [5.74, 6) is 1.15. The molecule has 1 aliphatic rings. The van der Waals surface area contributed by atoms with E-state index >= 15 is 0 Å². The van der Waals surface area contributed by atoms with Crippen molar-refractivity contribution in [2.75, 3.05) is 30.8 Å². The van der Waals surface area contributed by atoms with Gasteiger partial charge in [-0.1, -0.05) is 6.07 Å². The van der Waals surface area contributed by atoms with Crippen LogP contribution in [0.25, 0.3) is 5.65 Å². The molecule has 4 rings (SSSR count). The van der Waals surface area contributed by atoms with E-state index in [0.717, 1.165) is 17.1 Å². The zero-order valence-electron chi connectivity index (χ0n) is 13.7. The SMILES string of the molecule is CNc1cc2nn3c(cnc13)C(=O)NCCCOc1cccc(c1)N2. The molecule has 0 atom stereocenters. The molecule has 4 bridgehead atoms. The van der Waals surface area contributed by atoms with E-state index in [1.807, 2.05) is 30.3 Å². The molecule has 0 aliphatic carbocycles. The van der Waals surface area contributed by atoms with E-state index in [1.54, 1.807) is 11.6 Å². The van der Waals surface area contributed by atoms with E-state index in [2.05, 4.69) is 26.0 Å². The van der Waals surface area contributed by atoms with Crippen LogP contribution in [0.3, 0.4) is 0 Å². The minimum absolute atomic E-state index is 0.213. The molecule has 1 aliphatic heterocycles. The predicted molar refractivity (Wildman–Crippen MR) is 94.7 cm³/mol. The summed E-state index contributed by atoms with van der Waals surface area (Å²) in [6, 6.07) is 9.53. The van der Waals surface area contributed by atoms with Crippen LogP contribution in [0.5, 0.6) is 5.75 Å². The zero-order chi connectivity index (χ0) is 17.2. The van der Waals surface area contributed by atoms with Gasteiger partial charge in [-0.3, -0.25) is 4.79 Å². The fourth-order valence-corrected chi connectivity index (χ4v) is 2.73. The van der Waals surface area contributed by atoms with Crippen molar-refractivity contribution in [2.24, 2.45) is 0 Å². The summed E-state index contributed by atoms with van der Waals surface area (Å²) in [7, 11) is 1.81. The standard InChI is InChI=1S/C17H18N6O2/c1-18-13-9-15-21-11-4-2-5-12(8-11)25-7-3-6-19-17(24)14-10-20-16(13)23(14)22-15/h2,4-5,8-10,18H,3,6-7H2,1H3,(H,19,24)(H,21,22). The van der Waals surface area contributed by atoms with Crippen LogP contribution in [-0.2, 0) is 0 Å². The van der Waals surface area contributed by atoms with Crippen LogP contribution >= 0.6 is 0 Å². The normalized spacial score (nSPS) is 14.4. The van der Waals surface area contributed by atoms with Gasteiger partial charge in [-0.15, -0.1) is 5.10 Å². The molecule has 0 saturated carbocycles. The van der Waals surface area contributed by atoms with E-state index in [1.165, 1.54) is 6.20 Å². The second-order valence-electron chi connectivity index (χ2n) is 5.68. The topological polar surface area (TPSA) is 92.6 Å². The second kappa shape index (κ2) is 6.31. The first kappa shape index (κ1) is 15.3. The largest absolute Gasteiger partial charge is 0.493 e. The molecule has 25 heavy (non-hydrogen) atoms. The van der Waals surface area contributed by atoms with Crippen molar-refractivity contribution in [3.63, 3.8) is 0 Å². The van der Waals surface area contributed by atoms with Gasteiger partial charge in [0.15, 0.2) is 17.2 Å². The van der Waals surface area contributed by atoms with Crippen molar-refractivity contribution >= 4 is 28.7 Å². The van der Waals surface area contributed by atoms with Gasteiger partial charge >= 0.3 is 0 Å². The first-order valence-electron chi connectivity index (χ1n) is 8.09. The summed E-state index contributed by atoms with van der Waals surface area (Å²) in [6.07, 6.45) is 2.24. The summed E-state index contributed by atoms with van der Waals surface area (Å²) in [6.45, 7) is 1.04. The van der Waals surface area contributed by atoms with Crippen LogP contribution in [0.15, 0.2) is 36.5 Å².